The molecule has 0 unspecified atom stereocenters. The SMILES string of the molecule is CNc1cc(-c2nc(Cc3ccc(Cl)cc3)c(-c3nnc[nH]3)s2)ccn1. The highest BCUT2D eigenvalue weighted by atomic mass is 35.5. The summed E-state index contributed by atoms with van der Waals surface area (Å²) in [6.45, 7) is 0. The lowest BCUT2D eigenvalue weighted by Gasteiger charge is -2.01. The third kappa shape index (κ3) is 3.44. The molecule has 0 atom stereocenters. The minimum Gasteiger partial charge on any atom is -0.373 e. The number of halogens is 1. The van der Waals surface area contributed by atoms with Crippen molar-refractivity contribution >= 4 is 28.8 Å². The van der Waals surface area contributed by atoms with E-state index in [2.05, 4.69) is 25.5 Å². The number of pyridine rings is 1. The van der Waals surface area contributed by atoms with Gasteiger partial charge in [0.2, 0.25) is 0 Å². The van der Waals surface area contributed by atoms with E-state index >= 15 is 0 Å². The van der Waals surface area contributed by atoms with E-state index in [1.807, 2.05) is 43.4 Å². The maximum atomic E-state index is 5.99. The summed E-state index contributed by atoms with van der Waals surface area (Å²) in [6, 6.07) is 11.7. The van der Waals surface area contributed by atoms with Gasteiger partial charge >= 0.3 is 0 Å². The van der Waals surface area contributed by atoms with Gasteiger partial charge < -0.3 is 10.3 Å². The van der Waals surface area contributed by atoms with E-state index in [9.17, 15) is 0 Å². The second-order valence-corrected chi connectivity index (χ2v) is 7.05. The molecule has 0 aliphatic carbocycles. The van der Waals surface area contributed by atoms with Crippen LogP contribution >= 0.6 is 22.9 Å². The van der Waals surface area contributed by atoms with E-state index in [1.165, 1.54) is 0 Å². The van der Waals surface area contributed by atoms with E-state index < -0.39 is 0 Å². The minimum atomic E-state index is 0.688. The number of nitrogens with zero attached hydrogens (tertiary/aromatic N) is 4. The van der Waals surface area contributed by atoms with Crippen LogP contribution in [0, 0.1) is 0 Å². The highest BCUT2D eigenvalue weighted by Crippen LogP contribution is 2.35. The van der Waals surface area contributed by atoms with E-state index in [0.29, 0.717) is 6.42 Å². The van der Waals surface area contributed by atoms with Crippen LogP contribution < -0.4 is 5.32 Å². The van der Waals surface area contributed by atoms with Crippen molar-refractivity contribution in [3.63, 3.8) is 0 Å². The van der Waals surface area contributed by atoms with E-state index in [0.717, 1.165) is 43.4 Å². The Morgan fingerprint density at radius 2 is 2.04 bits per heavy atom. The Bertz CT molecular complexity index is 1010. The molecule has 3 heterocycles. The molecule has 0 saturated carbocycles. The maximum absolute atomic E-state index is 5.99. The van der Waals surface area contributed by atoms with E-state index in [1.54, 1.807) is 23.9 Å². The van der Waals surface area contributed by atoms with E-state index in [4.69, 9.17) is 16.6 Å². The number of H-pyrrole nitrogens is 1. The smallest absolute Gasteiger partial charge is 0.173 e. The monoisotopic (exact) mass is 382 g/mol. The molecule has 0 fully saturated rings. The number of hydrogen-bond donors (Lipinski definition) is 2. The standard InChI is InChI=1S/C18H15ClN6S/c1-20-15-9-12(6-7-21-15)18-24-14(8-11-2-4-13(19)5-3-11)16(26-18)17-22-10-23-25-17/h2-7,9-10H,8H2,1H3,(H,20,21)(H,22,23,25). The molecule has 0 amide bonds. The molecule has 2 N–H and O–H groups in total. The predicted octanol–water partition coefficient (Wildman–Crippen LogP) is 4.28. The Labute approximate surface area is 159 Å². The van der Waals surface area contributed by atoms with Gasteiger partial charge in [0.25, 0.3) is 0 Å². The van der Waals surface area contributed by atoms with Gasteiger partial charge in [-0.3, -0.25) is 0 Å². The summed E-state index contributed by atoms with van der Waals surface area (Å²) in [4.78, 5) is 13.2. The molecule has 4 rings (SSSR count). The number of hydrogen-bond acceptors (Lipinski definition) is 6. The molecule has 0 radical (unpaired) electrons. The number of aromatic amines is 1. The van der Waals surface area contributed by atoms with Crippen molar-refractivity contribution < 1.29 is 0 Å². The third-order valence-electron chi connectivity index (χ3n) is 3.88. The van der Waals surface area contributed by atoms with Crippen LogP contribution in [0.15, 0.2) is 48.9 Å². The molecular weight excluding hydrogens is 368 g/mol. The Morgan fingerprint density at radius 3 is 2.77 bits per heavy atom. The van der Waals surface area contributed by atoms with Gasteiger partial charge in [0.1, 0.15) is 17.2 Å². The van der Waals surface area contributed by atoms with Gasteiger partial charge in [-0.2, -0.15) is 0 Å². The summed E-state index contributed by atoms with van der Waals surface area (Å²) in [5.74, 6) is 1.53. The zero-order valence-corrected chi connectivity index (χ0v) is 15.5. The Hall–Kier alpha value is -2.77. The highest BCUT2D eigenvalue weighted by Gasteiger charge is 2.17. The first kappa shape index (κ1) is 16.7. The van der Waals surface area contributed by atoms with Crippen LogP contribution in [0.25, 0.3) is 21.3 Å². The van der Waals surface area contributed by atoms with Crippen LogP contribution in [0.3, 0.4) is 0 Å². The second kappa shape index (κ2) is 7.23. The van der Waals surface area contributed by atoms with Crippen molar-refractivity contribution in [1.82, 2.24) is 25.1 Å². The first-order chi connectivity index (χ1) is 12.7. The summed E-state index contributed by atoms with van der Waals surface area (Å²) >= 11 is 7.58. The molecule has 3 aromatic heterocycles. The maximum Gasteiger partial charge on any atom is 0.173 e. The van der Waals surface area contributed by atoms with Gasteiger partial charge in [-0.05, 0) is 29.8 Å². The lowest BCUT2D eigenvalue weighted by atomic mass is 10.1. The lowest BCUT2D eigenvalue weighted by Crippen LogP contribution is -1.93. The molecule has 6 nitrogen and oxygen atoms in total. The van der Waals surface area contributed by atoms with Crippen molar-refractivity contribution in [3.8, 4) is 21.3 Å². The number of nitrogens with one attached hydrogen (secondary N) is 2. The first-order valence-corrected chi connectivity index (χ1v) is 9.17. The zero-order chi connectivity index (χ0) is 17.9. The molecule has 0 bridgehead atoms. The zero-order valence-electron chi connectivity index (χ0n) is 13.9. The largest absolute Gasteiger partial charge is 0.373 e. The summed E-state index contributed by atoms with van der Waals surface area (Å²) in [7, 11) is 1.85. The Morgan fingerprint density at radius 1 is 1.19 bits per heavy atom. The van der Waals surface area contributed by atoms with Crippen molar-refractivity contribution in [1.29, 1.82) is 0 Å². The van der Waals surface area contributed by atoms with Crippen molar-refractivity contribution in [2.45, 2.75) is 6.42 Å². The van der Waals surface area contributed by atoms with Gasteiger partial charge in [-0.1, -0.05) is 23.7 Å². The van der Waals surface area contributed by atoms with Gasteiger partial charge in [-0.25, -0.2) is 9.97 Å². The molecule has 1 aromatic carbocycles. The van der Waals surface area contributed by atoms with E-state index in [-0.39, 0.29) is 0 Å². The van der Waals surface area contributed by atoms with Crippen LogP contribution in [0.2, 0.25) is 5.02 Å². The summed E-state index contributed by atoms with van der Waals surface area (Å²) in [5, 5.41) is 12.8. The molecule has 8 heteroatoms. The molecular formula is C18H15ClN6S. The molecule has 0 saturated heterocycles. The minimum absolute atomic E-state index is 0.688. The van der Waals surface area contributed by atoms with Gasteiger partial charge in [0, 0.05) is 30.3 Å². The van der Waals surface area contributed by atoms with Crippen LogP contribution in [-0.2, 0) is 6.42 Å². The van der Waals surface area contributed by atoms with Crippen molar-refractivity contribution in [2.24, 2.45) is 0 Å². The molecule has 26 heavy (non-hydrogen) atoms. The fourth-order valence-corrected chi connectivity index (χ4v) is 3.74. The van der Waals surface area contributed by atoms with Crippen LogP contribution in [0.4, 0.5) is 5.82 Å². The highest BCUT2D eigenvalue weighted by molar-refractivity contribution is 7.18. The van der Waals surface area contributed by atoms with Gasteiger partial charge in [-0.15, -0.1) is 21.5 Å². The fourth-order valence-electron chi connectivity index (χ4n) is 2.59. The predicted molar refractivity (Wildman–Crippen MR) is 105 cm³/mol. The normalized spacial score (nSPS) is 10.8. The fraction of sp³-hybridized carbons (Fsp3) is 0.111. The molecule has 4 aromatic rings. The third-order valence-corrected chi connectivity index (χ3v) is 5.28. The Balaban J connectivity index is 1.76. The lowest BCUT2D eigenvalue weighted by molar-refractivity contribution is 1.08. The molecule has 0 aliphatic rings. The number of rotatable bonds is 5. The molecule has 0 aliphatic heterocycles. The average Bonchev–Trinajstić information content (AvgIpc) is 3.33. The summed E-state index contributed by atoms with van der Waals surface area (Å²) in [6.07, 6.45) is 4.04. The van der Waals surface area contributed by atoms with Crippen molar-refractivity contribution in [3.05, 3.63) is 65.2 Å². The van der Waals surface area contributed by atoms with Gasteiger partial charge in [0.05, 0.1) is 10.6 Å². The topological polar surface area (TPSA) is 79.4 Å². The summed E-state index contributed by atoms with van der Waals surface area (Å²) < 4.78 is 0. The van der Waals surface area contributed by atoms with Crippen molar-refractivity contribution in [2.75, 3.05) is 12.4 Å². The van der Waals surface area contributed by atoms with Crippen LogP contribution in [0.1, 0.15) is 11.3 Å². The van der Waals surface area contributed by atoms with Crippen LogP contribution in [-0.4, -0.2) is 32.2 Å². The van der Waals surface area contributed by atoms with Crippen LogP contribution in [0.5, 0.6) is 0 Å². The second-order valence-electron chi connectivity index (χ2n) is 5.62. The Kier molecular flexibility index (Phi) is 4.64. The van der Waals surface area contributed by atoms with Gasteiger partial charge in [0.15, 0.2) is 5.82 Å². The quantitative estimate of drug-likeness (QED) is 0.538. The number of thiazole rings is 1. The molecule has 130 valence electrons. The number of benzene rings is 1. The average molecular weight is 383 g/mol. The number of aromatic nitrogens is 5. The first-order valence-electron chi connectivity index (χ1n) is 7.97. The molecule has 0 spiro atoms. The summed E-state index contributed by atoms with van der Waals surface area (Å²) in [5.41, 5.74) is 3.10. The number of anilines is 1.